The average Bonchev–Trinajstić information content (AvgIpc) is 2.75. The van der Waals surface area contributed by atoms with Gasteiger partial charge in [0.15, 0.2) is 0 Å². The predicted molar refractivity (Wildman–Crippen MR) is 74.5 cm³/mol. The summed E-state index contributed by atoms with van der Waals surface area (Å²) in [5.74, 6) is -2.57. The topological polar surface area (TPSA) is 38.8 Å². The zero-order chi connectivity index (χ0) is 15.9. The molecule has 1 atom stereocenters. The minimum absolute atomic E-state index is 0.105. The van der Waals surface area contributed by atoms with Crippen LogP contribution in [0.3, 0.4) is 0 Å². The Hall–Kier alpha value is -0.910. The van der Waals surface area contributed by atoms with Crippen molar-refractivity contribution in [1.29, 1.82) is 0 Å². The van der Waals surface area contributed by atoms with Gasteiger partial charge in [-0.3, -0.25) is 0 Å². The van der Waals surface area contributed by atoms with Crippen molar-refractivity contribution in [1.82, 2.24) is 4.90 Å². The minimum Gasteiger partial charge on any atom is -0.444 e. The van der Waals surface area contributed by atoms with Gasteiger partial charge in [0.1, 0.15) is 5.60 Å². The third-order valence-corrected chi connectivity index (χ3v) is 4.31. The summed E-state index contributed by atoms with van der Waals surface area (Å²) in [5.41, 5.74) is -1.03. The Morgan fingerprint density at radius 1 is 1.24 bits per heavy atom. The van der Waals surface area contributed by atoms with Gasteiger partial charge < -0.3 is 14.4 Å². The molecule has 0 bridgehead atoms. The van der Waals surface area contributed by atoms with Crippen molar-refractivity contribution in [2.45, 2.75) is 76.0 Å². The number of hydrogen-bond donors (Lipinski definition) is 0. The number of halogens is 2. The second-order valence-electron chi connectivity index (χ2n) is 7.30. The standard InChI is InChI=1S/C15H25F2NO3/c1-13(2,3)21-12(19)18(4)11-9-14(20-10-11)5-7-15(16,17)8-6-14/h11H,5-10H2,1-4H3/t11-/m1/s1. The van der Waals surface area contributed by atoms with E-state index in [2.05, 4.69) is 0 Å². The monoisotopic (exact) mass is 305 g/mol. The number of alkyl halides is 2. The molecule has 2 fully saturated rings. The highest BCUT2D eigenvalue weighted by Crippen LogP contribution is 2.45. The van der Waals surface area contributed by atoms with E-state index in [-0.39, 0.29) is 18.9 Å². The predicted octanol–water partition coefficient (Wildman–Crippen LogP) is 3.59. The van der Waals surface area contributed by atoms with E-state index in [4.69, 9.17) is 9.47 Å². The highest BCUT2D eigenvalue weighted by Gasteiger charge is 2.49. The van der Waals surface area contributed by atoms with Gasteiger partial charge in [-0.25, -0.2) is 13.6 Å². The summed E-state index contributed by atoms with van der Waals surface area (Å²) in [6.45, 7) is 5.83. The summed E-state index contributed by atoms with van der Waals surface area (Å²) in [5, 5.41) is 0. The van der Waals surface area contributed by atoms with Crippen LogP contribution < -0.4 is 0 Å². The summed E-state index contributed by atoms with van der Waals surface area (Å²) in [6.07, 6.45) is 0.677. The van der Waals surface area contributed by atoms with E-state index in [9.17, 15) is 13.6 Å². The number of carbonyl (C=O) groups is 1. The molecular formula is C15H25F2NO3. The Labute approximate surface area is 124 Å². The van der Waals surface area contributed by atoms with Gasteiger partial charge in [-0.05, 0) is 40.0 Å². The molecule has 2 rings (SSSR count). The molecule has 0 unspecified atom stereocenters. The van der Waals surface area contributed by atoms with Crippen molar-refractivity contribution < 1.29 is 23.0 Å². The van der Waals surface area contributed by atoms with Crippen molar-refractivity contribution in [3.63, 3.8) is 0 Å². The molecule has 0 aromatic carbocycles. The third kappa shape index (κ3) is 4.05. The molecule has 0 radical (unpaired) electrons. The summed E-state index contributed by atoms with van der Waals surface area (Å²) >= 11 is 0. The molecule has 0 aromatic heterocycles. The van der Waals surface area contributed by atoms with Gasteiger partial charge in [-0.2, -0.15) is 0 Å². The average molecular weight is 305 g/mol. The fourth-order valence-corrected chi connectivity index (χ4v) is 2.97. The van der Waals surface area contributed by atoms with Crippen LogP contribution in [0.5, 0.6) is 0 Å². The zero-order valence-electron chi connectivity index (χ0n) is 13.2. The fraction of sp³-hybridized carbons (Fsp3) is 0.933. The lowest BCUT2D eigenvalue weighted by Crippen LogP contribution is -2.43. The first-order chi connectivity index (χ1) is 9.52. The fourth-order valence-electron chi connectivity index (χ4n) is 2.97. The molecule has 2 aliphatic rings. The van der Waals surface area contributed by atoms with E-state index in [1.165, 1.54) is 4.90 Å². The number of nitrogens with zero attached hydrogens (tertiary/aromatic N) is 1. The lowest BCUT2D eigenvalue weighted by molar-refractivity contribution is -0.110. The SMILES string of the molecule is CN(C(=O)OC(C)(C)C)[C@H]1COC2(CCC(F)(F)CC2)C1. The van der Waals surface area contributed by atoms with Crippen molar-refractivity contribution in [3.8, 4) is 0 Å². The number of ether oxygens (including phenoxy) is 2. The van der Waals surface area contributed by atoms with E-state index in [1.807, 2.05) is 20.8 Å². The van der Waals surface area contributed by atoms with Crippen molar-refractivity contribution in [2.75, 3.05) is 13.7 Å². The molecule has 6 heteroatoms. The Bertz CT molecular complexity index is 396. The van der Waals surface area contributed by atoms with Crippen LogP contribution in [0.25, 0.3) is 0 Å². The van der Waals surface area contributed by atoms with Crippen LogP contribution in [0, 0.1) is 0 Å². The van der Waals surface area contributed by atoms with Crippen LogP contribution in [0.2, 0.25) is 0 Å². The van der Waals surface area contributed by atoms with Crippen molar-refractivity contribution >= 4 is 6.09 Å². The summed E-state index contributed by atoms with van der Waals surface area (Å²) < 4.78 is 37.7. The normalized spacial score (nSPS) is 27.6. The molecule has 1 heterocycles. The molecule has 4 nitrogen and oxygen atoms in total. The second-order valence-corrected chi connectivity index (χ2v) is 7.30. The maximum absolute atomic E-state index is 13.3. The third-order valence-electron chi connectivity index (χ3n) is 4.31. The van der Waals surface area contributed by atoms with Gasteiger partial charge >= 0.3 is 6.09 Å². The van der Waals surface area contributed by atoms with Crippen LogP contribution in [0.4, 0.5) is 13.6 Å². The van der Waals surface area contributed by atoms with E-state index in [0.29, 0.717) is 25.9 Å². The first-order valence-corrected chi connectivity index (χ1v) is 7.50. The molecule has 0 aromatic rings. The van der Waals surface area contributed by atoms with Gasteiger partial charge in [-0.1, -0.05) is 0 Å². The Kier molecular flexibility index (Phi) is 4.21. The lowest BCUT2D eigenvalue weighted by atomic mass is 9.80. The van der Waals surface area contributed by atoms with Gasteiger partial charge in [0.25, 0.3) is 0 Å². The second kappa shape index (κ2) is 5.38. The molecule has 1 aliphatic carbocycles. The number of hydrogen-bond acceptors (Lipinski definition) is 3. The lowest BCUT2D eigenvalue weighted by Gasteiger charge is -2.36. The van der Waals surface area contributed by atoms with Crippen molar-refractivity contribution in [3.05, 3.63) is 0 Å². The molecule has 0 N–H and O–H groups in total. The summed E-state index contributed by atoms with van der Waals surface area (Å²) in [4.78, 5) is 13.6. The first kappa shape index (κ1) is 16.5. The maximum atomic E-state index is 13.3. The first-order valence-electron chi connectivity index (χ1n) is 7.50. The summed E-state index contributed by atoms with van der Waals surface area (Å²) in [6, 6.07) is -0.105. The summed E-state index contributed by atoms with van der Waals surface area (Å²) in [7, 11) is 1.68. The van der Waals surface area contributed by atoms with Crippen LogP contribution in [-0.2, 0) is 9.47 Å². The Balaban J connectivity index is 1.92. The van der Waals surface area contributed by atoms with Crippen molar-refractivity contribution in [2.24, 2.45) is 0 Å². The minimum atomic E-state index is -2.57. The molecule has 122 valence electrons. The van der Waals surface area contributed by atoms with E-state index in [0.717, 1.165) is 0 Å². The molecular weight excluding hydrogens is 280 g/mol. The van der Waals surface area contributed by atoms with Crippen LogP contribution in [-0.4, -0.2) is 47.8 Å². The largest absolute Gasteiger partial charge is 0.444 e. The van der Waals surface area contributed by atoms with E-state index >= 15 is 0 Å². The van der Waals surface area contributed by atoms with Crippen LogP contribution >= 0.6 is 0 Å². The maximum Gasteiger partial charge on any atom is 0.410 e. The Morgan fingerprint density at radius 3 is 2.33 bits per heavy atom. The molecule has 21 heavy (non-hydrogen) atoms. The van der Waals surface area contributed by atoms with Gasteiger partial charge in [-0.15, -0.1) is 0 Å². The number of likely N-dealkylation sites (N-methyl/N-ethyl adjacent to an activating group) is 1. The van der Waals surface area contributed by atoms with Crippen LogP contribution in [0.15, 0.2) is 0 Å². The quantitative estimate of drug-likeness (QED) is 0.743. The highest BCUT2D eigenvalue weighted by atomic mass is 19.3. The molecule has 1 amide bonds. The van der Waals surface area contributed by atoms with E-state index < -0.39 is 23.2 Å². The smallest absolute Gasteiger partial charge is 0.410 e. The van der Waals surface area contributed by atoms with Crippen LogP contribution in [0.1, 0.15) is 52.9 Å². The zero-order valence-corrected chi connectivity index (χ0v) is 13.2. The molecule has 1 saturated carbocycles. The molecule has 1 saturated heterocycles. The number of amides is 1. The number of carbonyl (C=O) groups excluding carboxylic acids is 1. The molecule has 1 aliphatic heterocycles. The Morgan fingerprint density at radius 2 is 1.81 bits per heavy atom. The highest BCUT2D eigenvalue weighted by molar-refractivity contribution is 5.68. The molecule has 1 spiro atoms. The van der Waals surface area contributed by atoms with Gasteiger partial charge in [0.05, 0.1) is 18.2 Å². The number of rotatable bonds is 1. The van der Waals surface area contributed by atoms with E-state index in [1.54, 1.807) is 7.05 Å². The van der Waals surface area contributed by atoms with Gasteiger partial charge in [0.2, 0.25) is 5.92 Å². The van der Waals surface area contributed by atoms with Gasteiger partial charge in [0, 0.05) is 19.9 Å².